The maximum absolute atomic E-state index is 12.2. The van der Waals surface area contributed by atoms with Crippen LogP contribution in [-0.4, -0.2) is 98.4 Å². The van der Waals surface area contributed by atoms with Gasteiger partial charge in [0.25, 0.3) is 0 Å². The van der Waals surface area contributed by atoms with Gasteiger partial charge in [-0.05, 0) is 52.9 Å². The van der Waals surface area contributed by atoms with Crippen LogP contribution in [0.1, 0.15) is 38.5 Å². The number of nitrogens with one attached hydrogen (secondary N) is 2. The molecule has 0 aliphatic carbocycles. The molecular weight excluding hydrogens is 348 g/mol. The first-order valence-corrected chi connectivity index (χ1v) is 10.2. The van der Waals surface area contributed by atoms with E-state index < -0.39 is 6.10 Å². The van der Waals surface area contributed by atoms with E-state index in [2.05, 4.69) is 15.5 Å². The number of likely N-dealkylation sites (N-methyl/N-ethyl adjacent to an activating group) is 1. The number of carbonyl (C=O) groups excluding carboxylic acids is 2. The second-order valence-corrected chi connectivity index (χ2v) is 7.92. The lowest BCUT2D eigenvalue weighted by atomic mass is 9.97. The molecule has 0 unspecified atom stereocenters. The van der Waals surface area contributed by atoms with Crippen LogP contribution in [0.4, 0.5) is 0 Å². The molecule has 0 bridgehead atoms. The van der Waals surface area contributed by atoms with Gasteiger partial charge in [-0.2, -0.15) is 0 Å². The molecule has 0 aromatic rings. The van der Waals surface area contributed by atoms with Crippen molar-refractivity contribution in [2.75, 3.05) is 53.4 Å². The zero-order chi connectivity index (χ0) is 19.6. The van der Waals surface area contributed by atoms with Crippen LogP contribution in [0.3, 0.4) is 0 Å². The van der Waals surface area contributed by atoms with E-state index in [9.17, 15) is 14.7 Å². The molecular formula is C19H36N4O4. The molecule has 0 radical (unpaired) electrons. The van der Waals surface area contributed by atoms with Crippen LogP contribution in [-0.2, 0) is 14.3 Å². The summed E-state index contributed by atoms with van der Waals surface area (Å²) in [6.07, 6.45) is 4.84. The number of likely N-dealkylation sites (tertiary alicyclic amines) is 1. The quantitative estimate of drug-likeness (QED) is 0.499. The Morgan fingerprint density at radius 2 is 1.89 bits per heavy atom. The summed E-state index contributed by atoms with van der Waals surface area (Å²) in [6.45, 7) is 3.95. The number of nitrogens with zero attached hydrogens (tertiary/aromatic N) is 2. The van der Waals surface area contributed by atoms with E-state index in [4.69, 9.17) is 4.74 Å². The van der Waals surface area contributed by atoms with Crippen LogP contribution < -0.4 is 10.6 Å². The first-order chi connectivity index (χ1) is 13.0. The molecule has 0 spiro atoms. The molecule has 2 heterocycles. The molecule has 3 atom stereocenters. The van der Waals surface area contributed by atoms with Crippen molar-refractivity contribution < 1.29 is 19.4 Å². The topological polar surface area (TPSA) is 94.1 Å². The number of hydrogen-bond acceptors (Lipinski definition) is 6. The Hall–Kier alpha value is -1.22. The molecule has 8 heteroatoms. The van der Waals surface area contributed by atoms with E-state index in [0.717, 1.165) is 19.6 Å². The minimum atomic E-state index is -0.462. The molecule has 0 saturated carbocycles. The summed E-state index contributed by atoms with van der Waals surface area (Å²) >= 11 is 0. The van der Waals surface area contributed by atoms with E-state index in [1.807, 2.05) is 14.1 Å². The molecule has 2 rings (SSSR count). The van der Waals surface area contributed by atoms with E-state index in [0.29, 0.717) is 32.4 Å². The number of hydrogen-bond donors (Lipinski definition) is 3. The fourth-order valence-electron chi connectivity index (χ4n) is 3.80. The summed E-state index contributed by atoms with van der Waals surface area (Å²) < 4.78 is 5.87. The van der Waals surface area contributed by atoms with Gasteiger partial charge in [-0.15, -0.1) is 0 Å². The fourth-order valence-corrected chi connectivity index (χ4v) is 3.80. The maximum atomic E-state index is 12.2. The first-order valence-electron chi connectivity index (χ1n) is 10.2. The number of rotatable bonds is 9. The predicted molar refractivity (Wildman–Crippen MR) is 103 cm³/mol. The Labute approximate surface area is 162 Å². The molecule has 8 nitrogen and oxygen atoms in total. The molecule has 27 heavy (non-hydrogen) atoms. The van der Waals surface area contributed by atoms with E-state index in [-0.39, 0.29) is 30.6 Å². The summed E-state index contributed by atoms with van der Waals surface area (Å²) in [5, 5.41) is 15.5. The van der Waals surface area contributed by atoms with Crippen molar-refractivity contribution in [3.8, 4) is 0 Å². The van der Waals surface area contributed by atoms with E-state index in [1.54, 1.807) is 4.90 Å². The van der Waals surface area contributed by atoms with Gasteiger partial charge < -0.3 is 30.3 Å². The lowest BCUT2D eigenvalue weighted by Crippen LogP contribution is -2.53. The van der Waals surface area contributed by atoms with Gasteiger partial charge in [0.15, 0.2) is 0 Å². The monoisotopic (exact) mass is 384 g/mol. The highest BCUT2D eigenvalue weighted by Crippen LogP contribution is 2.22. The third-order valence-corrected chi connectivity index (χ3v) is 5.21. The van der Waals surface area contributed by atoms with Gasteiger partial charge in [-0.25, -0.2) is 0 Å². The zero-order valence-electron chi connectivity index (χ0n) is 16.8. The molecule has 3 N–H and O–H groups in total. The highest BCUT2D eigenvalue weighted by Gasteiger charge is 2.32. The Balaban J connectivity index is 1.67. The second kappa shape index (κ2) is 11.6. The van der Waals surface area contributed by atoms with Crippen molar-refractivity contribution in [3.05, 3.63) is 0 Å². The lowest BCUT2D eigenvalue weighted by molar-refractivity contribution is -0.136. The van der Waals surface area contributed by atoms with Gasteiger partial charge in [0.2, 0.25) is 11.8 Å². The van der Waals surface area contributed by atoms with Gasteiger partial charge in [-0.1, -0.05) is 6.42 Å². The number of carbonyl (C=O) groups is 2. The van der Waals surface area contributed by atoms with Crippen molar-refractivity contribution in [1.82, 2.24) is 20.4 Å². The molecule has 0 aromatic heterocycles. The van der Waals surface area contributed by atoms with Gasteiger partial charge in [0.05, 0.1) is 31.7 Å². The minimum Gasteiger partial charge on any atom is -0.394 e. The Bertz CT molecular complexity index is 469. The van der Waals surface area contributed by atoms with E-state index >= 15 is 0 Å². The second-order valence-electron chi connectivity index (χ2n) is 7.92. The Morgan fingerprint density at radius 1 is 1.15 bits per heavy atom. The SMILES string of the molecule is CN(C)CC(=O)N[C@H]1CC[C@H](CC(=O)NCCN2CCCCC2)O[C@@H]1CO. The van der Waals surface area contributed by atoms with Gasteiger partial charge in [0, 0.05) is 13.1 Å². The first kappa shape index (κ1) is 22.1. The Kier molecular flexibility index (Phi) is 9.47. The number of piperidine rings is 1. The van der Waals surface area contributed by atoms with Crippen molar-refractivity contribution in [3.63, 3.8) is 0 Å². The summed E-state index contributed by atoms with van der Waals surface area (Å²) in [7, 11) is 3.67. The van der Waals surface area contributed by atoms with Crippen molar-refractivity contribution in [2.45, 2.75) is 56.8 Å². The van der Waals surface area contributed by atoms with Crippen molar-refractivity contribution in [1.29, 1.82) is 0 Å². The largest absolute Gasteiger partial charge is 0.394 e. The number of aliphatic hydroxyl groups excluding tert-OH is 1. The maximum Gasteiger partial charge on any atom is 0.234 e. The molecule has 2 amide bonds. The summed E-state index contributed by atoms with van der Waals surface area (Å²) in [6, 6.07) is -0.208. The zero-order valence-corrected chi connectivity index (χ0v) is 16.8. The number of aliphatic hydroxyl groups is 1. The minimum absolute atomic E-state index is 0.0104. The normalized spacial score (nSPS) is 26.7. The van der Waals surface area contributed by atoms with Crippen LogP contribution in [0.5, 0.6) is 0 Å². The molecule has 2 aliphatic rings. The predicted octanol–water partition coefficient (Wildman–Crippen LogP) is -0.435. The molecule has 0 aromatic carbocycles. The molecule has 2 fully saturated rings. The van der Waals surface area contributed by atoms with Gasteiger partial charge >= 0.3 is 0 Å². The third kappa shape index (κ3) is 8.13. The third-order valence-electron chi connectivity index (χ3n) is 5.21. The highest BCUT2D eigenvalue weighted by molar-refractivity contribution is 5.78. The van der Waals surface area contributed by atoms with Crippen LogP contribution in [0, 0.1) is 0 Å². The molecule has 2 saturated heterocycles. The van der Waals surface area contributed by atoms with Crippen LogP contribution in [0.2, 0.25) is 0 Å². The van der Waals surface area contributed by atoms with E-state index in [1.165, 1.54) is 19.3 Å². The fraction of sp³-hybridized carbons (Fsp3) is 0.895. The Morgan fingerprint density at radius 3 is 2.56 bits per heavy atom. The molecule has 2 aliphatic heterocycles. The van der Waals surface area contributed by atoms with Crippen molar-refractivity contribution >= 4 is 11.8 Å². The molecule has 156 valence electrons. The number of amides is 2. The van der Waals surface area contributed by atoms with Crippen LogP contribution in [0.15, 0.2) is 0 Å². The summed E-state index contributed by atoms with van der Waals surface area (Å²) in [4.78, 5) is 28.3. The average molecular weight is 385 g/mol. The lowest BCUT2D eigenvalue weighted by Gasteiger charge is -2.36. The van der Waals surface area contributed by atoms with Crippen molar-refractivity contribution in [2.24, 2.45) is 0 Å². The highest BCUT2D eigenvalue weighted by atomic mass is 16.5. The van der Waals surface area contributed by atoms with Crippen LogP contribution in [0.25, 0.3) is 0 Å². The van der Waals surface area contributed by atoms with Crippen LogP contribution >= 0.6 is 0 Å². The summed E-state index contributed by atoms with van der Waals surface area (Å²) in [5.74, 6) is -0.0928. The van der Waals surface area contributed by atoms with Gasteiger partial charge in [0.1, 0.15) is 6.10 Å². The summed E-state index contributed by atoms with van der Waals surface area (Å²) in [5.41, 5.74) is 0. The standard InChI is InChI=1S/C19H36N4O4/c1-22(2)13-19(26)21-16-7-6-15(27-17(16)14-24)12-18(25)20-8-11-23-9-4-3-5-10-23/h15-17,24H,3-14H2,1-2H3,(H,20,25)(H,21,26)/t15-,16+,17-/m1/s1. The smallest absolute Gasteiger partial charge is 0.234 e. The van der Waals surface area contributed by atoms with Gasteiger partial charge in [-0.3, -0.25) is 9.59 Å². The number of ether oxygens (including phenoxy) is 1. The average Bonchev–Trinajstić information content (AvgIpc) is 2.63.